The van der Waals surface area contributed by atoms with Crippen LogP contribution in [-0.4, -0.2) is 17.8 Å². The Hall–Kier alpha value is -1.25. The van der Waals surface area contributed by atoms with Gasteiger partial charge in [0.1, 0.15) is 5.70 Å². The highest BCUT2D eigenvalue weighted by Crippen LogP contribution is 2.12. The van der Waals surface area contributed by atoms with Crippen molar-refractivity contribution in [3.63, 3.8) is 0 Å². The largest absolute Gasteiger partial charge is 0.466 e. The minimum atomic E-state index is 0.567. The molecule has 0 aromatic rings. The van der Waals surface area contributed by atoms with Crippen LogP contribution >= 0.6 is 0 Å². The van der Waals surface area contributed by atoms with Crippen molar-refractivity contribution in [3.8, 4) is 0 Å². The third kappa shape index (κ3) is 0.614. The molecule has 0 aromatic carbocycles. The van der Waals surface area contributed by atoms with Gasteiger partial charge in [-0.05, 0) is 0 Å². The Balaban J connectivity index is 2.33. The first-order valence-electron chi connectivity index (χ1n) is 2.68. The van der Waals surface area contributed by atoms with Gasteiger partial charge >= 0.3 is 0 Å². The fraction of sp³-hybridized carbons (Fsp3) is 0.167. The zero-order chi connectivity index (χ0) is 6.10. The van der Waals surface area contributed by atoms with Crippen LogP contribution in [0.2, 0.25) is 0 Å². The molecule has 1 radical (unpaired) electrons. The molecule has 3 nitrogen and oxygen atoms in total. The summed E-state index contributed by atoms with van der Waals surface area (Å²) in [5.41, 5.74) is 0.900. The van der Waals surface area contributed by atoms with E-state index in [9.17, 15) is 0 Å². The minimum Gasteiger partial charge on any atom is -0.466 e. The highest BCUT2D eigenvalue weighted by atomic mass is 16.5. The van der Waals surface area contributed by atoms with Crippen LogP contribution in [-0.2, 0) is 4.74 Å². The predicted molar refractivity (Wildman–Crippen MR) is 32.2 cm³/mol. The third-order valence-electron chi connectivity index (χ3n) is 1.22. The van der Waals surface area contributed by atoms with Crippen molar-refractivity contribution in [1.82, 2.24) is 4.90 Å². The maximum absolute atomic E-state index is 4.89. The second-order valence-electron chi connectivity index (χ2n) is 1.81. The summed E-state index contributed by atoms with van der Waals surface area (Å²) < 4.78 is 4.89. The molecule has 0 aliphatic carbocycles. The van der Waals surface area contributed by atoms with Crippen molar-refractivity contribution in [1.29, 1.82) is 0 Å². The molecular formula is C6H5N2O. The number of nitrogens with zero attached hydrogens (tertiary/aromatic N) is 2. The van der Waals surface area contributed by atoms with Crippen LogP contribution in [0.3, 0.4) is 0 Å². The standard InChI is InChI=1S/C6H5N2O/c1-2-8-5-9-4-6(8)3-7-1/h1-3H,5H2. The molecule has 2 heterocycles. The third-order valence-corrected chi connectivity index (χ3v) is 1.22. The first kappa shape index (κ1) is 4.61. The fourth-order valence-electron chi connectivity index (χ4n) is 0.760. The van der Waals surface area contributed by atoms with E-state index in [0.29, 0.717) is 6.73 Å². The van der Waals surface area contributed by atoms with E-state index in [0.717, 1.165) is 5.70 Å². The van der Waals surface area contributed by atoms with Crippen LogP contribution in [0, 0.1) is 6.26 Å². The average Bonchev–Trinajstić information content (AvgIpc) is 2.33. The van der Waals surface area contributed by atoms with Gasteiger partial charge in [0.2, 0.25) is 0 Å². The number of hydrogen-bond donors (Lipinski definition) is 0. The van der Waals surface area contributed by atoms with Crippen LogP contribution < -0.4 is 0 Å². The highest BCUT2D eigenvalue weighted by molar-refractivity contribution is 5.78. The molecule has 0 fully saturated rings. The minimum absolute atomic E-state index is 0.567. The zero-order valence-electron chi connectivity index (χ0n) is 4.74. The number of hydrogen-bond acceptors (Lipinski definition) is 3. The normalized spacial score (nSPS) is 21.3. The molecule has 0 spiro atoms. The van der Waals surface area contributed by atoms with Crippen LogP contribution in [0.1, 0.15) is 0 Å². The van der Waals surface area contributed by atoms with Crippen LogP contribution in [0.25, 0.3) is 0 Å². The zero-order valence-corrected chi connectivity index (χ0v) is 4.74. The number of aliphatic imine (C=N–C) groups is 1. The summed E-state index contributed by atoms with van der Waals surface area (Å²) in [5.74, 6) is 0. The molecule has 9 heavy (non-hydrogen) atoms. The second-order valence-corrected chi connectivity index (χ2v) is 1.81. The van der Waals surface area contributed by atoms with E-state index in [-0.39, 0.29) is 0 Å². The van der Waals surface area contributed by atoms with Gasteiger partial charge in [0.15, 0.2) is 13.0 Å². The molecule has 3 heteroatoms. The summed E-state index contributed by atoms with van der Waals surface area (Å²) in [6, 6.07) is 0. The molecule has 2 rings (SSSR count). The number of rotatable bonds is 0. The van der Waals surface area contributed by atoms with Crippen molar-refractivity contribution < 1.29 is 4.74 Å². The van der Waals surface area contributed by atoms with E-state index in [1.54, 1.807) is 12.4 Å². The summed E-state index contributed by atoms with van der Waals surface area (Å²) in [6.07, 6.45) is 7.99. The van der Waals surface area contributed by atoms with Crippen molar-refractivity contribution in [3.05, 3.63) is 24.4 Å². The Morgan fingerprint density at radius 2 is 2.78 bits per heavy atom. The Bertz CT molecular complexity index is 202. The molecule has 0 aromatic heterocycles. The van der Waals surface area contributed by atoms with Gasteiger partial charge in [-0.3, -0.25) is 4.99 Å². The molecule has 2 aliphatic heterocycles. The van der Waals surface area contributed by atoms with Gasteiger partial charge < -0.3 is 9.64 Å². The highest BCUT2D eigenvalue weighted by Gasteiger charge is 2.13. The lowest BCUT2D eigenvalue weighted by Gasteiger charge is -2.12. The first-order valence-corrected chi connectivity index (χ1v) is 2.68. The maximum Gasteiger partial charge on any atom is 0.191 e. The van der Waals surface area contributed by atoms with E-state index >= 15 is 0 Å². The Morgan fingerprint density at radius 3 is 3.67 bits per heavy atom. The SMILES string of the molecule is [C]1=C2C=NC=CN2CO1. The van der Waals surface area contributed by atoms with Gasteiger partial charge in [-0.1, -0.05) is 0 Å². The van der Waals surface area contributed by atoms with Crippen LogP contribution in [0.5, 0.6) is 0 Å². The quantitative estimate of drug-likeness (QED) is 0.465. The monoisotopic (exact) mass is 121 g/mol. The van der Waals surface area contributed by atoms with Crippen molar-refractivity contribution in [2.45, 2.75) is 0 Å². The van der Waals surface area contributed by atoms with E-state index in [1.807, 2.05) is 11.1 Å². The smallest absolute Gasteiger partial charge is 0.191 e. The Kier molecular flexibility index (Phi) is 0.828. The van der Waals surface area contributed by atoms with E-state index < -0.39 is 0 Å². The van der Waals surface area contributed by atoms with Crippen LogP contribution in [0.4, 0.5) is 0 Å². The van der Waals surface area contributed by atoms with Gasteiger partial charge in [0.25, 0.3) is 0 Å². The Morgan fingerprint density at radius 1 is 1.78 bits per heavy atom. The molecule has 0 bridgehead atoms. The van der Waals surface area contributed by atoms with Crippen molar-refractivity contribution in [2.75, 3.05) is 6.73 Å². The lowest BCUT2D eigenvalue weighted by molar-refractivity contribution is 0.189. The summed E-state index contributed by atoms with van der Waals surface area (Å²) in [4.78, 5) is 5.82. The second kappa shape index (κ2) is 1.62. The molecule has 2 aliphatic rings. The van der Waals surface area contributed by atoms with Crippen molar-refractivity contribution in [2.24, 2.45) is 4.99 Å². The molecule has 0 atom stereocenters. The molecule has 0 saturated carbocycles. The molecule has 0 amide bonds. The molecular weight excluding hydrogens is 116 g/mol. The lowest BCUT2D eigenvalue weighted by Crippen LogP contribution is -2.14. The van der Waals surface area contributed by atoms with Gasteiger partial charge in [-0.25, -0.2) is 0 Å². The van der Waals surface area contributed by atoms with Gasteiger partial charge in [0, 0.05) is 12.4 Å². The summed E-state index contributed by atoms with van der Waals surface area (Å²) in [6.45, 7) is 0.567. The van der Waals surface area contributed by atoms with Gasteiger partial charge in [0.05, 0.1) is 6.21 Å². The Labute approximate surface area is 52.9 Å². The first-order chi connectivity index (χ1) is 4.47. The number of allylic oxidation sites excluding steroid dienone is 1. The van der Waals surface area contributed by atoms with Gasteiger partial charge in [-0.15, -0.1) is 0 Å². The molecule has 0 saturated heterocycles. The molecule has 45 valence electrons. The van der Waals surface area contributed by atoms with E-state index in [1.165, 1.54) is 0 Å². The summed E-state index contributed by atoms with van der Waals surface area (Å²) in [5, 5.41) is 0. The summed E-state index contributed by atoms with van der Waals surface area (Å²) in [7, 11) is 0. The molecule has 0 N–H and O–H groups in total. The predicted octanol–water partition coefficient (Wildman–Crippen LogP) is 0.476. The maximum atomic E-state index is 4.89. The lowest BCUT2D eigenvalue weighted by atomic mass is 10.4. The van der Waals surface area contributed by atoms with Crippen molar-refractivity contribution >= 4 is 6.21 Å². The molecule has 0 unspecified atom stereocenters. The average molecular weight is 121 g/mol. The van der Waals surface area contributed by atoms with Crippen LogP contribution in [0.15, 0.2) is 23.1 Å². The van der Waals surface area contributed by atoms with E-state index in [4.69, 9.17) is 4.74 Å². The van der Waals surface area contributed by atoms with Gasteiger partial charge in [-0.2, -0.15) is 0 Å². The van der Waals surface area contributed by atoms with E-state index in [2.05, 4.69) is 11.3 Å². The fourth-order valence-corrected chi connectivity index (χ4v) is 0.760. The summed E-state index contributed by atoms with van der Waals surface area (Å²) >= 11 is 0. The number of fused-ring (bicyclic) bond motifs is 1. The number of ether oxygens (including phenoxy) is 1. The topological polar surface area (TPSA) is 24.8 Å².